The summed E-state index contributed by atoms with van der Waals surface area (Å²) in [5.41, 5.74) is -2.40. The Hall–Kier alpha value is -5.42. The average Bonchev–Trinajstić information content (AvgIpc) is 3.48. The molecular weight excluding hydrogens is 708 g/mol. The number of aryl methyl sites for hydroxylation is 2. The van der Waals surface area contributed by atoms with E-state index in [1.807, 2.05) is 25.2 Å². The highest BCUT2D eigenvalue weighted by Crippen LogP contribution is 2.65. The zero-order valence-electron chi connectivity index (χ0n) is 29.0. The normalized spacial score (nSPS) is 19.6. The number of carbonyl (C=O) groups is 2. The highest BCUT2D eigenvalue weighted by molar-refractivity contribution is 5.95. The number of alkyl halides is 5. The number of hydrogen-bond donors (Lipinski definition) is 1. The average molecular weight is 744 g/mol. The van der Waals surface area contributed by atoms with Gasteiger partial charge in [0.15, 0.2) is 11.5 Å². The summed E-state index contributed by atoms with van der Waals surface area (Å²) in [4.78, 5) is 41.9. The molecule has 7 rings (SSSR count). The van der Waals surface area contributed by atoms with Crippen LogP contribution in [0.5, 0.6) is 0 Å². The van der Waals surface area contributed by atoms with Gasteiger partial charge in [0.2, 0.25) is 11.8 Å². The van der Waals surface area contributed by atoms with Crippen molar-refractivity contribution < 1.29 is 35.9 Å². The van der Waals surface area contributed by atoms with Crippen LogP contribution in [-0.2, 0) is 42.8 Å². The lowest BCUT2D eigenvalue weighted by atomic mass is 9.96. The van der Waals surface area contributed by atoms with Gasteiger partial charge in [0, 0.05) is 50.4 Å². The summed E-state index contributed by atoms with van der Waals surface area (Å²) in [6, 6.07) is 6.26. The van der Waals surface area contributed by atoms with E-state index < -0.39 is 52.7 Å². The lowest BCUT2D eigenvalue weighted by Crippen LogP contribution is -2.56. The van der Waals surface area contributed by atoms with Gasteiger partial charge in [0.25, 0.3) is 5.56 Å². The van der Waals surface area contributed by atoms with Crippen molar-refractivity contribution in [1.29, 1.82) is 0 Å². The lowest BCUT2D eigenvalue weighted by Gasteiger charge is -2.33. The van der Waals surface area contributed by atoms with E-state index in [4.69, 9.17) is 0 Å². The summed E-state index contributed by atoms with van der Waals surface area (Å²) in [5.74, 6) is -2.21. The molecule has 4 aromatic heterocycles. The number of amides is 2. The van der Waals surface area contributed by atoms with Crippen LogP contribution >= 0.6 is 0 Å². The molecule has 1 saturated carbocycles. The standard InChI is InChI=1S/C35H35F6N9O3/c1-33(2,18-50-26(12-28(45-50)35(39,40)41)22-10-24(36)30(52)46(3)17-22)44-29(51)27(9-19-14-43-49(16-19)32(37)38)48-8-7-34(31(48)53)13-23(34)20-5-6-21-15-42-47(4)25(21)11-20/h5-6,10-12,14-17,23,27,32H,7-9,13,18H2,1-4H3,(H,44,51)/t23?,27-,34?/m1/s1. The molecule has 0 bridgehead atoms. The van der Waals surface area contributed by atoms with Crippen LogP contribution < -0.4 is 10.9 Å². The quantitative estimate of drug-likeness (QED) is 0.205. The second-order valence-corrected chi connectivity index (χ2v) is 14.5. The van der Waals surface area contributed by atoms with Crippen molar-refractivity contribution in [2.45, 2.75) is 69.9 Å². The minimum Gasteiger partial charge on any atom is -0.348 e. The van der Waals surface area contributed by atoms with Crippen molar-refractivity contribution in [3.05, 3.63) is 88.1 Å². The SMILES string of the molecule is Cn1cc(-c2cc(C(F)(F)F)nn2CC(C)(C)NC(=O)[C@@H](Cc2cnn(C(F)F)c2)N2CCC3(CC3c3ccc4cnn(C)c4c3)C2=O)cc(F)c1=O. The summed E-state index contributed by atoms with van der Waals surface area (Å²) in [6.45, 7) is 0.00854. The van der Waals surface area contributed by atoms with E-state index in [1.54, 1.807) is 10.9 Å². The zero-order valence-corrected chi connectivity index (χ0v) is 29.0. The van der Waals surface area contributed by atoms with Gasteiger partial charge in [0.05, 0.1) is 41.1 Å². The minimum absolute atomic E-state index is 0.0573. The van der Waals surface area contributed by atoms with Crippen LogP contribution in [0.15, 0.2) is 59.9 Å². The Morgan fingerprint density at radius 2 is 1.81 bits per heavy atom. The first kappa shape index (κ1) is 36.0. The number of halogens is 6. The number of benzene rings is 1. The van der Waals surface area contributed by atoms with Crippen LogP contribution in [0.2, 0.25) is 0 Å². The van der Waals surface area contributed by atoms with Gasteiger partial charge in [0.1, 0.15) is 6.04 Å². The number of nitrogens with zero attached hydrogens (tertiary/aromatic N) is 8. The van der Waals surface area contributed by atoms with E-state index in [2.05, 4.69) is 20.6 Å². The fraction of sp³-hybridized carbons (Fsp3) is 0.429. The van der Waals surface area contributed by atoms with Crippen LogP contribution in [0.4, 0.5) is 26.3 Å². The maximum absolute atomic E-state index is 14.4. The minimum atomic E-state index is -4.86. The number of rotatable bonds is 10. The Morgan fingerprint density at radius 3 is 2.49 bits per heavy atom. The number of aromatic nitrogens is 7. The van der Waals surface area contributed by atoms with E-state index in [-0.39, 0.29) is 48.2 Å². The molecule has 1 aromatic carbocycles. The molecule has 5 heterocycles. The monoisotopic (exact) mass is 743 g/mol. The second kappa shape index (κ2) is 12.6. The third kappa shape index (κ3) is 6.58. The number of pyridine rings is 1. The van der Waals surface area contributed by atoms with Gasteiger partial charge in [-0.25, -0.2) is 9.07 Å². The van der Waals surface area contributed by atoms with Crippen molar-refractivity contribution in [3.8, 4) is 11.3 Å². The molecule has 1 aliphatic heterocycles. The van der Waals surface area contributed by atoms with E-state index in [9.17, 15) is 40.7 Å². The molecule has 2 unspecified atom stereocenters. The zero-order chi connectivity index (χ0) is 38.2. The van der Waals surface area contributed by atoms with Crippen molar-refractivity contribution in [2.75, 3.05) is 6.54 Å². The number of likely N-dealkylation sites (tertiary alicyclic amines) is 1. The van der Waals surface area contributed by atoms with Gasteiger partial charge >= 0.3 is 12.7 Å². The summed E-state index contributed by atoms with van der Waals surface area (Å²) < 4.78 is 86.8. The van der Waals surface area contributed by atoms with Crippen molar-refractivity contribution >= 4 is 22.7 Å². The molecule has 12 nitrogen and oxygen atoms in total. The number of nitrogens with one attached hydrogen (secondary N) is 1. The molecule has 18 heteroatoms. The number of fused-ring (bicyclic) bond motifs is 1. The maximum atomic E-state index is 14.4. The smallest absolute Gasteiger partial charge is 0.348 e. The molecule has 0 radical (unpaired) electrons. The van der Waals surface area contributed by atoms with Crippen molar-refractivity contribution in [2.24, 2.45) is 19.5 Å². The van der Waals surface area contributed by atoms with Gasteiger partial charge in [-0.2, -0.15) is 37.2 Å². The lowest BCUT2D eigenvalue weighted by molar-refractivity contribution is -0.141. The Kier molecular flexibility index (Phi) is 8.56. The third-order valence-corrected chi connectivity index (χ3v) is 10.2. The molecule has 3 atom stereocenters. The van der Waals surface area contributed by atoms with E-state index >= 15 is 0 Å². The Morgan fingerprint density at radius 1 is 1.06 bits per heavy atom. The number of hydrogen-bond acceptors (Lipinski definition) is 6. The molecule has 1 spiro atoms. The molecular formula is C35H35F6N9O3. The van der Waals surface area contributed by atoms with Crippen molar-refractivity contribution in [3.63, 3.8) is 0 Å². The van der Waals surface area contributed by atoms with Crippen LogP contribution in [0.1, 0.15) is 56.0 Å². The van der Waals surface area contributed by atoms with Crippen LogP contribution in [0.25, 0.3) is 22.2 Å². The fourth-order valence-electron chi connectivity index (χ4n) is 7.45. The molecule has 1 aliphatic carbocycles. The third-order valence-electron chi connectivity index (χ3n) is 10.2. The van der Waals surface area contributed by atoms with Gasteiger partial charge in [-0.3, -0.25) is 23.7 Å². The van der Waals surface area contributed by atoms with Crippen LogP contribution in [0, 0.1) is 11.2 Å². The van der Waals surface area contributed by atoms with Gasteiger partial charge in [-0.15, -0.1) is 0 Å². The van der Waals surface area contributed by atoms with E-state index in [0.29, 0.717) is 17.5 Å². The first-order chi connectivity index (χ1) is 24.9. The molecule has 2 fully saturated rings. The first-order valence-corrected chi connectivity index (χ1v) is 16.7. The Bertz CT molecular complexity index is 2280. The molecule has 2 aliphatic rings. The highest BCUT2D eigenvalue weighted by atomic mass is 19.4. The molecule has 2 amide bonds. The van der Waals surface area contributed by atoms with Gasteiger partial charge in [-0.1, -0.05) is 12.1 Å². The fourth-order valence-corrected chi connectivity index (χ4v) is 7.45. The summed E-state index contributed by atoms with van der Waals surface area (Å²) in [6.07, 6.45) is 1.20. The first-order valence-electron chi connectivity index (χ1n) is 16.7. The Labute approximate surface area is 298 Å². The molecule has 1 N–H and O–H groups in total. The second-order valence-electron chi connectivity index (χ2n) is 14.5. The van der Waals surface area contributed by atoms with E-state index in [0.717, 1.165) is 44.0 Å². The largest absolute Gasteiger partial charge is 0.435 e. The Balaban J connectivity index is 1.17. The van der Waals surface area contributed by atoms with E-state index in [1.165, 1.54) is 38.2 Å². The van der Waals surface area contributed by atoms with Crippen LogP contribution in [-0.4, -0.2) is 68.7 Å². The molecule has 5 aromatic rings. The van der Waals surface area contributed by atoms with Gasteiger partial charge < -0.3 is 14.8 Å². The van der Waals surface area contributed by atoms with Gasteiger partial charge in [-0.05, 0) is 61.9 Å². The highest BCUT2D eigenvalue weighted by Gasteiger charge is 2.65. The predicted octanol–water partition coefficient (Wildman–Crippen LogP) is 4.80. The summed E-state index contributed by atoms with van der Waals surface area (Å²) >= 11 is 0. The summed E-state index contributed by atoms with van der Waals surface area (Å²) in [7, 11) is 3.08. The number of carbonyl (C=O) groups excluding carboxylic acids is 2. The van der Waals surface area contributed by atoms with Crippen molar-refractivity contribution in [1.82, 2.24) is 44.1 Å². The van der Waals surface area contributed by atoms with Crippen LogP contribution in [0.3, 0.4) is 0 Å². The predicted molar refractivity (Wildman–Crippen MR) is 178 cm³/mol. The molecule has 53 heavy (non-hydrogen) atoms. The topological polar surface area (TPSA) is 125 Å². The molecule has 1 saturated heterocycles. The maximum Gasteiger partial charge on any atom is 0.435 e. The molecule has 280 valence electrons. The summed E-state index contributed by atoms with van der Waals surface area (Å²) in [5, 5.41) is 15.5.